The summed E-state index contributed by atoms with van der Waals surface area (Å²) < 4.78 is 0. The number of rotatable bonds is 6. The van der Waals surface area contributed by atoms with Crippen molar-refractivity contribution < 1.29 is 0 Å². The van der Waals surface area contributed by atoms with Crippen LogP contribution < -0.4 is 5.04 Å². The first-order valence-corrected chi connectivity index (χ1v) is 7.70. The Morgan fingerprint density at radius 3 is 2.57 bits per heavy atom. The quantitative estimate of drug-likeness (QED) is 0.608. The maximum absolute atomic E-state index is 4.67. The molecule has 1 aromatic rings. The third-order valence-corrected chi connectivity index (χ3v) is 5.76. The monoisotopic (exact) mass is 226 g/mol. The normalized spacial score (nSPS) is 12.1. The maximum Gasteiger partial charge on any atom is 0.00846 e. The summed E-state index contributed by atoms with van der Waals surface area (Å²) in [5.41, 5.74) is 1.51. The first-order valence-electron chi connectivity index (χ1n) is 5.66. The molecule has 0 saturated heterocycles. The third kappa shape index (κ3) is 3.41. The highest BCUT2D eigenvalue weighted by Crippen LogP contribution is 2.32. The Labute approximate surface area is 91.8 Å². The van der Waals surface area contributed by atoms with E-state index in [4.69, 9.17) is 0 Å². The summed E-state index contributed by atoms with van der Waals surface area (Å²) in [5.74, 6) is 2.40. The van der Waals surface area contributed by atoms with Crippen LogP contribution in [0, 0.1) is 0 Å². The number of unbranched alkanes of at least 4 members (excludes halogenated alkanes) is 2. The molecular weight excluding hydrogens is 206 g/mol. The molecule has 0 aromatic carbocycles. The van der Waals surface area contributed by atoms with E-state index in [2.05, 4.69) is 35.0 Å². The zero-order chi connectivity index (χ0) is 10.4. The topological polar surface area (TPSA) is 0 Å². The highest BCUT2D eigenvalue weighted by atomic mass is 31.1. The highest BCUT2D eigenvalue weighted by molar-refractivity contribution is 7.63. The van der Waals surface area contributed by atoms with Crippen molar-refractivity contribution in [2.75, 3.05) is 0 Å². The van der Waals surface area contributed by atoms with E-state index >= 15 is 0 Å². The summed E-state index contributed by atoms with van der Waals surface area (Å²) in [4.78, 5) is 0. The van der Waals surface area contributed by atoms with Crippen LogP contribution >= 0.6 is 16.8 Å². The Morgan fingerprint density at radius 1 is 1.21 bits per heavy atom. The molecule has 0 saturated carbocycles. The van der Waals surface area contributed by atoms with Gasteiger partial charge in [0.2, 0.25) is 0 Å². The smallest absolute Gasteiger partial charge is 0.00846 e. The van der Waals surface area contributed by atoms with E-state index in [1.165, 1.54) is 48.9 Å². The van der Waals surface area contributed by atoms with E-state index in [9.17, 15) is 0 Å². The molecule has 1 aromatic heterocycles. The van der Waals surface area contributed by atoms with Crippen LogP contribution in [-0.2, 0) is 12.6 Å². The molecule has 0 nitrogen and oxygen atoms in total. The molecule has 0 spiro atoms. The molecule has 1 unspecified atom stereocenters. The molecular formula is C12H20P2. The van der Waals surface area contributed by atoms with E-state index in [0.29, 0.717) is 0 Å². The Hall–Kier alpha value is 0.210. The van der Waals surface area contributed by atoms with Crippen LogP contribution in [-0.4, -0.2) is 0 Å². The largest absolute Gasteiger partial charge is 0.116 e. The van der Waals surface area contributed by atoms with Crippen LogP contribution in [0.25, 0.3) is 0 Å². The lowest BCUT2D eigenvalue weighted by Gasteiger charge is -2.01. The fourth-order valence-corrected chi connectivity index (χ4v) is 4.34. The molecule has 0 aliphatic heterocycles. The molecule has 78 valence electrons. The van der Waals surface area contributed by atoms with Crippen molar-refractivity contribution in [2.24, 2.45) is 0 Å². The average Bonchev–Trinajstić information content (AvgIpc) is 2.54. The van der Waals surface area contributed by atoms with Gasteiger partial charge in [-0.1, -0.05) is 32.8 Å². The molecule has 0 N–H and O–H groups in total. The van der Waals surface area contributed by atoms with Crippen LogP contribution in [0.15, 0.2) is 11.9 Å². The molecule has 0 aliphatic rings. The van der Waals surface area contributed by atoms with Crippen LogP contribution in [0.4, 0.5) is 0 Å². The maximum atomic E-state index is 4.67. The van der Waals surface area contributed by atoms with Crippen molar-refractivity contribution in [3.63, 3.8) is 0 Å². The summed E-state index contributed by atoms with van der Waals surface area (Å²) in [6, 6.07) is 2.32. The van der Waals surface area contributed by atoms with Crippen molar-refractivity contribution in [1.82, 2.24) is 0 Å². The van der Waals surface area contributed by atoms with E-state index < -0.39 is 0 Å². The number of aryl methyl sites for hydroxylation is 2. The van der Waals surface area contributed by atoms with Gasteiger partial charge in [0.15, 0.2) is 0 Å². The van der Waals surface area contributed by atoms with Crippen LogP contribution in [0.5, 0.6) is 0 Å². The Kier molecular flexibility index (Phi) is 5.83. The lowest BCUT2D eigenvalue weighted by Crippen LogP contribution is -1.95. The van der Waals surface area contributed by atoms with E-state index in [0.717, 1.165) is 0 Å². The Balaban J connectivity index is 2.55. The summed E-state index contributed by atoms with van der Waals surface area (Å²) in [6.45, 7) is 4.51. The zero-order valence-corrected chi connectivity index (χ0v) is 11.1. The van der Waals surface area contributed by atoms with Gasteiger partial charge in [-0.3, -0.25) is 0 Å². The molecule has 14 heavy (non-hydrogen) atoms. The predicted octanol–water partition coefficient (Wildman–Crippen LogP) is 4.85. The van der Waals surface area contributed by atoms with Crippen molar-refractivity contribution >= 4 is 21.8 Å². The molecule has 1 heterocycles. The fraction of sp³-hybridized carbons (Fsp3) is 0.667. The highest BCUT2D eigenvalue weighted by Gasteiger charge is 2.05. The van der Waals surface area contributed by atoms with E-state index in [1.54, 1.807) is 0 Å². The summed E-state index contributed by atoms with van der Waals surface area (Å²) >= 11 is 0. The van der Waals surface area contributed by atoms with Crippen molar-refractivity contribution in [3.05, 3.63) is 17.4 Å². The Morgan fingerprint density at radius 2 is 1.93 bits per heavy atom. The standard InChI is InChI=1S/C12H20P2/c1-3-5-7-11-8-10-14(12(11)13)9-6-4-2/h8,10H,3-7,9H2,1-2H3. The SMILES string of the molecule is CCCCc1ccp(CCCC)c1[P]. The Bertz CT molecular complexity index is 238. The van der Waals surface area contributed by atoms with Gasteiger partial charge in [-0.2, -0.15) is 0 Å². The molecule has 0 amide bonds. The lowest BCUT2D eigenvalue weighted by molar-refractivity contribution is 0.799. The first kappa shape index (κ1) is 12.3. The molecule has 0 fully saturated rings. The van der Waals surface area contributed by atoms with Crippen molar-refractivity contribution in [2.45, 2.75) is 52.1 Å². The van der Waals surface area contributed by atoms with E-state index in [1.807, 2.05) is 0 Å². The minimum atomic E-state index is -0.00481. The molecule has 2 radical (unpaired) electrons. The number of hydrogen-bond donors (Lipinski definition) is 0. The molecule has 2 heteroatoms. The summed E-state index contributed by atoms with van der Waals surface area (Å²) in [6.07, 6.45) is 7.82. The van der Waals surface area contributed by atoms with Gasteiger partial charge in [-0.15, -0.1) is 7.53 Å². The summed E-state index contributed by atoms with van der Waals surface area (Å²) in [5, 5.41) is 1.40. The van der Waals surface area contributed by atoms with Gasteiger partial charge in [0.25, 0.3) is 0 Å². The van der Waals surface area contributed by atoms with Gasteiger partial charge in [0.1, 0.15) is 0 Å². The van der Waals surface area contributed by atoms with Gasteiger partial charge in [0.05, 0.1) is 0 Å². The first-order chi connectivity index (χ1) is 6.79. The van der Waals surface area contributed by atoms with Crippen molar-refractivity contribution in [3.8, 4) is 0 Å². The lowest BCUT2D eigenvalue weighted by atomic mass is 10.2. The third-order valence-electron chi connectivity index (χ3n) is 2.57. The molecule has 1 rings (SSSR count). The van der Waals surface area contributed by atoms with Crippen molar-refractivity contribution in [1.29, 1.82) is 0 Å². The van der Waals surface area contributed by atoms with Crippen LogP contribution in [0.2, 0.25) is 0 Å². The molecule has 1 atom stereocenters. The second kappa shape index (κ2) is 6.65. The minimum absolute atomic E-state index is 0.00481. The predicted molar refractivity (Wildman–Crippen MR) is 69.2 cm³/mol. The molecule has 0 aliphatic carbocycles. The number of hydrogen-bond acceptors (Lipinski definition) is 0. The van der Waals surface area contributed by atoms with Gasteiger partial charge < -0.3 is 0 Å². The molecule has 0 bridgehead atoms. The second-order valence-corrected chi connectivity index (χ2v) is 6.75. The van der Waals surface area contributed by atoms with Gasteiger partial charge >= 0.3 is 0 Å². The van der Waals surface area contributed by atoms with Gasteiger partial charge in [0, 0.05) is 5.04 Å². The van der Waals surface area contributed by atoms with Gasteiger partial charge in [-0.05, 0) is 46.0 Å². The van der Waals surface area contributed by atoms with Gasteiger partial charge in [-0.25, -0.2) is 0 Å². The zero-order valence-electron chi connectivity index (χ0n) is 9.29. The second-order valence-electron chi connectivity index (χ2n) is 3.82. The summed E-state index contributed by atoms with van der Waals surface area (Å²) in [7, 11) is 4.67. The van der Waals surface area contributed by atoms with Crippen LogP contribution in [0.3, 0.4) is 0 Å². The fourth-order valence-electron chi connectivity index (χ4n) is 1.58. The van der Waals surface area contributed by atoms with Crippen LogP contribution in [0.1, 0.15) is 45.1 Å². The average molecular weight is 226 g/mol. The van der Waals surface area contributed by atoms with E-state index in [-0.39, 0.29) is 7.53 Å². The minimum Gasteiger partial charge on any atom is -0.116 e.